The summed E-state index contributed by atoms with van der Waals surface area (Å²) in [6, 6.07) is 17.3. The molecule has 0 radical (unpaired) electrons. The molecular weight excluding hydrogens is 354 g/mol. The molecule has 2 aromatic carbocycles. The van der Waals surface area contributed by atoms with Crippen LogP contribution in [0.2, 0.25) is 0 Å². The van der Waals surface area contributed by atoms with E-state index in [0.717, 1.165) is 37.2 Å². The zero-order chi connectivity index (χ0) is 19.6. The molecule has 1 heterocycles. The van der Waals surface area contributed by atoms with Crippen LogP contribution in [0.25, 0.3) is 0 Å². The Labute approximate surface area is 165 Å². The first-order valence-corrected chi connectivity index (χ1v) is 9.73. The first-order chi connectivity index (χ1) is 13.7. The molecule has 6 nitrogen and oxygen atoms in total. The number of hydrogen-bond donors (Lipinski definition) is 1. The minimum atomic E-state index is -0.0844. The maximum Gasteiger partial charge on any atom is 0.263 e. The average Bonchev–Trinajstić information content (AvgIpc) is 3.03. The minimum Gasteiger partial charge on any atom is -0.489 e. The molecule has 0 aromatic heterocycles. The number of amidine groups is 1. The van der Waals surface area contributed by atoms with Crippen LogP contribution >= 0.6 is 0 Å². The highest BCUT2D eigenvalue weighted by Crippen LogP contribution is 2.14. The van der Waals surface area contributed by atoms with Gasteiger partial charge in [0.1, 0.15) is 12.4 Å². The van der Waals surface area contributed by atoms with Crippen molar-refractivity contribution >= 4 is 11.7 Å². The summed E-state index contributed by atoms with van der Waals surface area (Å²) in [5, 5.41) is 3.88. The molecule has 1 amide bonds. The summed E-state index contributed by atoms with van der Waals surface area (Å²) in [7, 11) is 0. The Bertz CT molecular complexity index is 767. The molecule has 2 N–H and O–H groups in total. The molecule has 0 saturated carbocycles. The molecule has 1 aliphatic heterocycles. The predicted molar refractivity (Wildman–Crippen MR) is 109 cm³/mol. The Morgan fingerprint density at radius 2 is 1.64 bits per heavy atom. The first-order valence-electron chi connectivity index (χ1n) is 9.73. The van der Waals surface area contributed by atoms with Crippen molar-refractivity contribution in [1.82, 2.24) is 4.90 Å². The van der Waals surface area contributed by atoms with Gasteiger partial charge in [-0.2, -0.15) is 0 Å². The van der Waals surface area contributed by atoms with Crippen molar-refractivity contribution < 1.29 is 14.4 Å². The molecular formula is C22H27N3O3. The fraction of sp³-hybridized carbons (Fsp3) is 0.364. The Morgan fingerprint density at radius 1 is 0.964 bits per heavy atom. The van der Waals surface area contributed by atoms with E-state index in [2.05, 4.69) is 5.16 Å². The third-order valence-electron chi connectivity index (χ3n) is 4.71. The number of nitrogens with zero attached hydrogens (tertiary/aromatic N) is 2. The third-order valence-corrected chi connectivity index (χ3v) is 4.71. The van der Waals surface area contributed by atoms with Crippen molar-refractivity contribution in [1.29, 1.82) is 0 Å². The maximum absolute atomic E-state index is 12.2. The Morgan fingerprint density at radius 3 is 2.32 bits per heavy atom. The van der Waals surface area contributed by atoms with Crippen LogP contribution in [0.1, 0.15) is 36.8 Å². The maximum atomic E-state index is 12.2. The molecule has 0 bridgehead atoms. The largest absolute Gasteiger partial charge is 0.489 e. The normalized spacial score (nSPS) is 15.0. The van der Waals surface area contributed by atoms with Crippen LogP contribution < -0.4 is 10.5 Å². The smallest absolute Gasteiger partial charge is 0.263 e. The van der Waals surface area contributed by atoms with Crippen LogP contribution in [0.3, 0.4) is 0 Å². The van der Waals surface area contributed by atoms with Gasteiger partial charge in [0, 0.05) is 18.7 Å². The van der Waals surface area contributed by atoms with Gasteiger partial charge in [-0.25, -0.2) is 0 Å². The molecule has 2 aromatic rings. The number of amides is 1. The topological polar surface area (TPSA) is 77.2 Å². The summed E-state index contributed by atoms with van der Waals surface area (Å²) in [4.78, 5) is 19.2. The Kier molecular flexibility index (Phi) is 7.29. The summed E-state index contributed by atoms with van der Waals surface area (Å²) < 4.78 is 5.75. The number of nitrogens with two attached hydrogens (primary N) is 1. The van der Waals surface area contributed by atoms with E-state index in [-0.39, 0.29) is 18.3 Å². The standard InChI is InChI=1S/C22H27N3O3/c23-22(24-28-17-21(26)25-14-6-1-2-7-15-25)19-10-12-20(13-11-19)27-16-18-8-4-3-5-9-18/h3-5,8-13H,1-2,6-7,14-17H2,(H2,23,24). The molecule has 3 rings (SSSR count). The Hall–Kier alpha value is -3.02. The third kappa shape index (κ3) is 6.01. The van der Waals surface area contributed by atoms with Gasteiger partial charge in [-0.3, -0.25) is 4.79 Å². The highest BCUT2D eigenvalue weighted by molar-refractivity contribution is 5.97. The van der Waals surface area contributed by atoms with Gasteiger partial charge < -0.3 is 20.2 Å². The van der Waals surface area contributed by atoms with E-state index in [9.17, 15) is 4.79 Å². The number of likely N-dealkylation sites (tertiary alicyclic amines) is 1. The van der Waals surface area contributed by atoms with Crippen molar-refractivity contribution in [2.75, 3.05) is 19.7 Å². The van der Waals surface area contributed by atoms with Crippen molar-refractivity contribution in [2.45, 2.75) is 32.3 Å². The lowest BCUT2D eigenvalue weighted by molar-refractivity contribution is -0.136. The van der Waals surface area contributed by atoms with Crippen molar-refractivity contribution in [3.8, 4) is 5.75 Å². The lowest BCUT2D eigenvalue weighted by Gasteiger charge is -2.19. The van der Waals surface area contributed by atoms with E-state index in [4.69, 9.17) is 15.3 Å². The second-order valence-corrected chi connectivity index (χ2v) is 6.84. The monoisotopic (exact) mass is 381 g/mol. The van der Waals surface area contributed by atoms with E-state index in [1.807, 2.05) is 59.5 Å². The number of benzene rings is 2. The summed E-state index contributed by atoms with van der Waals surface area (Å²) >= 11 is 0. The zero-order valence-electron chi connectivity index (χ0n) is 16.0. The summed E-state index contributed by atoms with van der Waals surface area (Å²) in [5.74, 6) is 0.944. The van der Waals surface area contributed by atoms with Gasteiger partial charge in [0.05, 0.1) is 0 Å². The highest BCUT2D eigenvalue weighted by atomic mass is 16.6. The molecule has 0 atom stereocenters. The molecule has 1 aliphatic rings. The summed E-state index contributed by atoms with van der Waals surface area (Å²) in [5.41, 5.74) is 7.78. The second-order valence-electron chi connectivity index (χ2n) is 6.84. The van der Waals surface area contributed by atoms with Gasteiger partial charge in [0.15, 0.2) is 12.4 Å². The van der Waals surface area contributed by atoms with Crippen LogP contribution in [-0.2, 0) is 16.2 Å². The number of carbonyl (C=O) groups excluding carboxylic acids is 1. The van der Waals surface area contributed by atoms with Gasteiger partial charge in [0.2, 0.25) is 0 Å². The molecule has 0 aliphatic carbocycles. The SMILES string of the molecule is N/C(=N\OCC(=O)N1CCCCCC1)c1ccc(OCc2ccccc2)cc1. The van der Waals surface area contributed by atoms with E-state index >= 15 is 0 Å². The summed E-state index contributed by atoms with van der Waals surface area (Å²) in [6.07, 6.45) is 4.47. The lowest BCUT2D eigenvalue weighted by Crippen LogP contribution is -2.34. The molecule has 1 fully saturated rings. The van der Waals surface area contributed by atoms with E-state index in [0.29, 0.717) is 12.2 Å². The minimum absolute atomic E-state index is 0.0388. The van der Waals surface area contributed by atoms with Crippen LogP contribution in [0.4, 0.5) is 0 Å². The summed E-state index contributed by atoms with van der Waals surface area (Å²) in [6.45, 7) is 2.02. The number of ether oxygens (including phenoxy) is 1. The van der Waals surface area contributed by atoms with Crippen LogP contribution in [-0.4, -0.2) is 36.3 Å². The molecule has 6 heteroatoms. The fourth-order valence-corrected chi connectivity index (χ4v) is 3.08. The molecule has 28 heavy (non-hydrogen) atoms. The molecule has 1 saturated heterocycles. The van der Waals surface area contributed by atoms with Gasteiger partial charge in [-0.1, -0.05) is 48.3 Å². The fourth-order valence-electron chi connectivity index (χ4n) is 3.08. The lowest BCUT2D eigenvalue weighted by atomic mass is 10.2. The van der Waals surface area contributed by atoms with Crippen LogP contribution in [0.15, 0.2) is 59.8 Å². The van der Waals surface area contributed by atoms with Crippen molar-refractivity contribution in [3.63, 3.8) is 0 Å². The number of hydrogen-bond acceptors (Lipinski definition) is 4. The first kappa shape index (κ1) is 19.7. The van der Waals surface area contributed by atoms with Gasteiger partial charge in [-0.15, -0.1) is 0 Å². The van der Waals surface area contributed by atoms with Crippen molar-refractivity contribution in [2.24, 2.45) is 10.9 Å². The number of oxime groups is 1. The average molecular weight is 381 g/mol. The quantitative estimate of drug-likeness (QED) is 0.453. The van der Waals surface area contributed by atoms with Gasteiger partial charge in [-0.05, 0) is 42.7 Å². The van der Waals surface area contributed by atoms with Crippen LogP contribution in [0.5, 0.6) is 5.75 Å². The number of rotatable bonds is 7. The van der Waals surface area contributed by atoms with Crippen LogP contribution in [0, 0.1) is 0 Å². The Balaban J connectivity index is 1.46. The molecule has 0 unspecified atom stereocenters. The van der Waals surface area contributed by atoms with Gasteiger partial charge >= 0.3 is 0 Å². The van der Waals surface area contributed by atoms with E-state index in [1.165, 1.54) is 12.8 Å². The molecule has 148 valence electrons. The van der Waals surface area contributed by atoms with E-state index in [1.54, 1.807) is 0 Å². The molecule has 0 spiro atoms. The van der Waals surface area contributed by atoms with Gasteiger partial charge in [0.25, 0.3) is 5.91 Å². The highest BCUT2D eigenvalue weighted by Gasteiger charge is 2.15. The van der Waals surface area contributed by atoms with Crippen molar-refractivity contribution in [3.05, 3.63) is 65.7 Å². The zero-order valence-corrected chi connectivity index (χ0v) is 16.0. The number of carbonyl (C=O) groups is 1. The predicted octanol–water partition coefficient (Wildman–Crippen LogP) is 3.31. The second kappa shape index (κ2) is 10.3. The van der Waals surface area contributed by atoms with E-state index < -0.39 is 0 Å².